The van der Waals surface area contributed by atoms with Gasteiger partial charge < -0.3 is 10.6 Å². The van der Waals surface area contributed by atoms with Gasteiger partial charge in [0.2, 0.25) is 5.91 Å². The van der Waals surface area contributed by atoms with E-state index in [9.17, 15) is 4.79 Å². The van der Waals surface area contributed by atoms with Gasteiger partial charge in [-0.05, 0) is 37.7 Å². The summed E-state index contributed by atoms with van der Waals surface area (Å²) < 4.78 is 0. The molecule has 1 heterocycles. The normalized spacial score (nSPS) is 21.8. The Morgan fingerprint density at radius 3 is 2.75 bits per heavy atom. The van der Waals surface area contributed by atoms with Crippen molar-refractivity contribution in [2.75, 3.05) is 13.1 Å². The molecule has 1 saturated heterocycles. The van der Waals surface area contributed by atoms with E-state index < -0.39 is 5.54 Å². The fraction of sp³-hybridized carbons (Fsp3) is 0.588. The lowest BCUT2D eigenvalue weighted by Crippen LogP contribution is -2.52. The summed E-state index contributed by atoms with van der Waals surface area (Å²) in [7, 11) is 0. The lowest BCUT2D eigenvalue weighted by atomic mass is 9.95. The van der Waals surface area contributed by atoms with Crippen LogP contribution in [0.25, 0.3) is 0 Å². The largest absolute Gasteiger partial charge is 0.341 e. The Hall–Kier alpha value is -1.35. The molecule has 2 unspecified atom stereocenters. The van der Waals surface area contributed by atoms with Gasteiger partial charge in [-0.15, -0.1) is 0 Å². The van der Waals surface area contributed by atoms with E-state index in [1.54, 1.807) is 0 Å². The van der Waals surface area contributed by atoms with E-state index in [0.717, 1.165) is 38.8 Å². The third-order valence-corrected chi connectivity index (χ3v) is 4.20. The van der Waals surface area contributed by atoms with Crippen molar-refractivity contribution >= 4 is 5.91 Å². The van der Waals surface area contributed by atoms with E-state index in [-0.39, 0.29) is 5.91 Å². The maximum absolute atomic E-state index is 12.5. The van der Waals surface area contributed by atoms with Crippen molar-refractivity contribution < 1.29 is 4.79 Å². The topological polar surface area (TPSA) is 46.3 Å². The van der Waals surface area contributed by atoms with E-state index in [1.165, 1.54) is 5.56 Å². The first-order valence-electron chi connectivity index (χ1n) is 7.65. The van der Waals surface area contributed by atoms with E-state index in [0.29, 0.717) is 5.92 Å². The maximum atomic E-state index is 12.5. The molecule has 0 spiro atoms. The van der Waals surface area contributed by atoms with Crippen LogP contribution in [0.4, 0.5) is 0 Å². The number of nitrogens with two attached hydrogens (primary N) is 1. The first kappa shape index (κ1) is 15.0. The molecular weight excluding hydrogens is 248 g/mol. The molecule has 1 aromatic rings. The second-order valence-electron chi connectivity index (χ2n) is 6.26. The van der Waals surface area contributed by atoms with Gasteiger partial charge in [0.15, 0.2) is 0 Å². The summed E-state index contributed by atoms with van der Waals surface area (Å²) in [4.78, 5) is 14.4. The lowest BCUT2D eigenvalue weighted by molar-refractivity contribution is -0.135. The average Bonchev–Trinajstić information content (AvgIpc) is 2.87. The quantitative estimate of drug-likeness (QED) is 0.897. The summed E-state index contributed by atoms with van der Waals surface area (Å²) in [5.41, 5.74) is 6.82. The maximum Gasteiger partial charge on any atom is 0.242 e. The molecule has 110 valence electrons. The third kappa shape index (κ3) is 3.60. The van der Waals surface area contributed by atoms with Crippen LogP contribution in [0.3, 0.4) is 0 Å². The highest BCUT2D eigenvalue weighted by atomic mass is 16.2. The van der Waals surface area contributed by atoms with Gasteiger partial charge in [0.1, 0.15) is 0 Å². The Bertz CT molecular complexity index is 442. The van der Waals surface area contributed by atoms with E-state index in [2.05, 4.69) is 31.2 Å². The van der Waals surface area contributed by atoms with Crippen LogP contribution in [0.1, 0.15) is 38.7 Å². The molecule has 0 bridgehead atoms. The molecular formula is C17H26N2O. The van der Waals surface area contributed by atoms with Crippen molar-refractivity contribution in [2.45, 2.75) is 45.1 Å². The van der Waals surface area contributed by atoms with E-state index in [4.69, 9.17) is 5.73 Å². The minimum atomic E-state index is -0.698. The second-order valence-corrected chi connectivity index (χ2v) is 6.26. The molecule has 3 nitrogen and oxygen atoms in total. The first-order chi connectivity index (χ1) is 9.53. The van der Waals surface area contributed by atoms with Crippen molar-refractivity contribution in [3.05, 3.63) is 35.9 Å². The Kier molecular flexibility index (Phi) is 4.81. The summed E-state index contributed by atoms with van der Waals surface area (Å²) in [6.07, 6.45) is 3.84. The molecule has 0 saturated carbocycles. The summed E-state index contributed by atoms with van der Waals surface area (Å²) in [6, 6.07) is 10.5. The molecule has 0 aliphatic carbocycles. The predicted molar refractivity (Wildman–Crippen MR) is 82.3 cm³/mol. The summed E-state index contributed by atoms with van der Waals surface area (Å²) >= 11 is 0. The van der Waals surface area contributed by atoms with Crippen molar-refractivity contribution in [3.63, 3.8) is 0 Å². The van der Waals surface area contributed by atoms with Gasteiger partial charge in [0.05, 0.1) is 5.54 Å². The summed E-state index contributed by atoms with van der Waals surface area (Å²) in [5.74, 6) is 0.689. The van der Waals surface area contributed by atoms with Crippen molar-refractivity contribution in [2.24, 2.45) is 11.7 Å². The zero-order valence-corrected chi connectivity index (χ0v) is 12.6. The highest BCUT2D eigenvalue weighted by Gasteiger charge is 2.35. The van der Waals surface area contributed by atoms with Crippen molar-refractivity contribution in [1.82, 2.24) is 4.90 Å². The molecule has 1 amide bonds. The van der Waals surface area contributed by atoms with Crippen LogP contribution >= 0.6 is 0 Å². The van der Waals surface area contributed by atoms with Crippen molar-refractivity contribution in [3.8, 4) is 0 Å². The standard InChI is InChI=1S/C17H26N2O/c1-3-10-17(2,18)16(20)19-11-9-15(13-19)12-14-7-5-4-6-8-14/h4-8,15H,3,9-13,18H2,1-2H3. The monoisotopic (exact) mass is 274 g/mol. The van der Waals surface area contributed by atoms with Crippen LogP contribution in [-0.4, -0.2) is 29.4 Å². The smallest absolute Gasteiger partial charge is 0.242 e. The second kappa shape index (κ2) is 6.40. The van der Waals surface area contributed by atoms with Gasteiger partial charge in [0, 0.05) is 13.1 Å². The number of benzene rings is 1. The van der Waals surface area contributed by atoms with Crippen LogP contribution < -0.4 is 5.73 Å². The predicted octanol–water partition coefficient (Wildman–Crippen LogP) is 2.60. The average molecular weight is 274 g/mol. The van der Waals surface area contributed by atoms with Crippen LogP contribution in [0, 0.1) is 5.92 Å². The van der Waals surface area contributed by atoms with E-state index >= 15 is 0 Å². The lowest BCUT2D eigenvalue weighted by Gasteiger charge is -2.29. The molecule has 0 radical (unpaired) electrons. The fourth-order valence-corrected chi connectivity index (χ4v) is 3.12. The van der Waals surface area contributed by atoms with Crippen molar-refractivity contribution in [1.29, 1.82) is 0 Å². The van der Waals surface area contributed by atoms with Crippen LogP contribution in [-0.2, 0) is 11.2 Å². The number of rotatable bonds is 5. The Morgan fingerprint density at radius 1 is 1.40 bits per heavy atom. The summed E-state index contributed by atoms with van der Waals surface area (Å²) in [6.45, 7) is 5.64. The summed E-state index contributed by atoms with van der Waals surface area (Å²) in [5, 5.41) is 0. The number of amides is 1. The minimum Gasteiger partial charge on any atom is -0.341 e. The van der Waals surface area contributed by atoms with Gasteiger partial charge in [-0.2, -0.15) is 0 Å². The highest BCUT2D eigenvalue weighted by molar-refractivity contribution is 5.85. The Labute approximate surface area is 122 Å². The van der Waals surface area contributed by atoms with Gasteiger partial charge >= 0.3 is 0 Å². The minimum absolute atomic E-state index is 0.120. The molecule has 2 N–H and O–H groups in total. The SMILES string of the molecule is CCCC(C)(N)C(=O)N1CCC(Cc2ccccc2)C1. The molecule has 1 aliphatic rings. The number of carbonyl (C=O) groups excluding carboxylic acids is 1. The van der Waals surface area contributed by atoms with Crippen LogP contribution in [0.15, 0.2) is 30.3 Å². The number of hydrogen-bond donors (Lipinski definition) is 1. The first-order valence-corrected chi connectivity index (χ1v) is 7.65. The van der Waals surface area contributed by atoms with E-state index in [1.807, 2.05) is 17.9 Å². The van der Waals surface area contributed by atoms with Gasteiger partial charge in [-0.25, -0.2) is 0 Å². The Morgan fingerprint density at radius 2 is 2.10 bits per heavy atom. The van der Waals surface area contributed by atoms with Crippen LogP contribution in [0.2, 0.25) is 0 Å². The third-order valence-electron chi connectivity index (χ3n) is 4.20. The molecule has 3 heteroatoms. The van der Waals surface area contributed by atoms with Crippen LogP contribution in [0.5, 0.6) is 0 Å². The van der Waals surface area contributed by atoms with Gasteiger partial charge in [-0.3, -0.25) is 4.79 Å². The molecule has 1 aliphatic heterocycles. The zero-order chi connectivity index (χ0) is 14.6. The Balaban J connectivity index is 1.90. The number of carbonyl (C=O) groups is 1. The zero-order valence-electron chi connectivity index (χ0n) is 12.6. The highest BCUT2D eigenvalue weighted by Crippen LogP contribution is 2.24. The van der Waals surface area contributed by atoms with Gasteiger partial charge in [0.25, 0.3) is 0 Å². The molecule has 2 rings (SSSR count). The molecule has 0 aromatic heterocycles. The molecule has 1 aromatic carbocycles. The fourth-order valence-electron chi connectivity index (χ4n) is 3.12. The number of nitrogens with zero attached hydrogens (tertiary/aromatic N) is 1. The molecule has 20 heavy (non-hydrogen) atoms. The molecule has 2 atom stereocenters. The number of likely N-dealkylation sites (tertiary alicyclic amines) is 1. The molecule has 1 fully saturated rings. The van der Waals surface area contributed by atoms with Gasteiger partial charge in [-0.1, -0.05) is 43.7 Å². The number of hydrogen-bond acceptors (Lipinski definition) is 2.